The normalized spacial score (nSPS) is 13.3. The van der Waals surface area contributed by atoms with E-state index in [0.717, 1.165) is 44.9 Å². The van der Waals surface area contributed by atoms with Crippen molar-refractivity contribution in [3.63, 3.8) is 0 Å². The van der Waals surface area contributed by atoms with Gasteiger partial charge >= 0.3 is 0 Å². The van der Waals surface area contributed by atoms with Crippen LogP contribution in [0.5, 0.6) is 0 Å². The van der Waals surface area contributed by atoms with Crippen molar-refractivity contribution in [1.29, 1.82) is 0 Å². The standard InChI is InChI=1S/C57H105NO3/c1-3-5-7-9-11-13-15-17-19-21-23-24-25-26-27-28-29-30-31-32-33-34-35-37-39-41-43-45-47-49-51-53-57(61)58-55(54-59)56(60)52-50-48-46-44-42-40-38-36-22-20-18-16-14-12-10-8-6-4-2/h15,17,21-23,36,42,44,50,52,55-56,59-60H,3-14,16,18-20,24-35,37-41,43,45-49,51,53-54H2,1-2H3,(H,58,61)/b17-15-,23-21-,36-22+,44-42+,52-50+. The summed E-state index contributed by atoms with van der Waals surface area (Å²) in [5, 5.41) is 23.1. The molecule has 0 bridgehead atoms. The maximum Gasteiger partial charge on any atom is 0.220 e. The molecule has 0 fully saturated rings. The first-order valence-corrected chi connectivity index (χ1v) is 27.0. The van der Waals surface area contributed by atoms with Crippen LogP contribution in [-0.2, 0) is 4.79 Å². The summed E-state index contributed by atoms with van der Waals surface area (Å²) in [5.74, 6) is -0.0757. The zero-order chi connectivity index (χ0) is 44.2. The van der Waals surface area contributed by atoms with Crippen molar-refractivity contribution in [3.05, 3.63) is 60.8 Å². The third-order valence-corrected chi connectivity index (χ3v) is 12.2. The first kappa shape index (κ1) is 59.1. The Morgan fingerprint density at radius 1 is 0.393 bits per heavy atom. The fourth-order valence-corrected chi connectivity index (χ4v) is 8.07. The summed E-state index contributed by atoms with van der Waals surface area (Å²) in [5.41, 5.74) is 0. The summed E-state index contributed by atoms with van der Waals surface area (Å²) in [6.07, 6.45) is 73.7. The van der Waals surface area contributed by atoms with Gasteiger partial charge < -0.3 is 15.5 Å². The molecule has 0 aliphatic carbocycles. The number of amides is 1. The Hall–Kier alpha value is -1.91. The van der Waals surface area contributed by atoms with E-state index in [1.165, 1.54) is 212 Å². The molecule has 0 radical (unpaired) electrons. The zero-order valence-electron chi connectivity index (χ0n) is 40.9. The van der Waals surface area contributed by atoms with Gasteiger partial charge in [0.25, 0.3) is 0 Å². The van der Waals surface area contributed by atoms with Crippen molar-refractivity contribution in [1.82, 2.24) is 5.32 Å². The molecule has 0 aliphatic heterocycles. The third-order valence-electron chi connectivity index (χ3n) is 12.2. The molecule has 0 aliphatic rings. The smallest absolute Gasteiger partial charge is 0.220 e. The molecule has 0 aromatic heterocycles. The Balaban J connectivity index is 3.52. The SMILES string of the molecule is CCCCCCC/C=C\C/C=C\CCCCCCCCCCCCCCCCCCCCCC(=O)NC(CO)C(O)/C=C/CC/C=C/CC/C=C/CCCCCCCCCC. The average molecular weight is 852 g/mol. The maximum absolute atomic E-state index is 12.4. The lowest BCUT2D eigenvalue weighted by Crippen LogP contribution is -2.45. The number of aliphatic hydroxyl groups is 2. The van der Waals surface area contributed by atoms with Crippen LogP contribution in [0.15, 0.2) is 60.8 Å². The Morgan fingerprint density at radius 3 is 1.05 bits per heavy atom. The molecule has 356 valence electrons. The van der Waals surface area contributed by atoms with Crippen LogP contribution >= 0.6 is 0 Å². The van der Waals surface area contributed by atoms with Crippen molar-refractivity contribution in [2.45, 2.75) is 289 Å². The largest absolute Gasteiger partial charge is 0.394 e. The van der Waals surface area contributed by atoms with E-state index >= 15 is 0 Å². The minimum Gasteiger partial charge on any atom is -0.394 e. The summed E-state index contributed by atoms with van der Waals surface area (Å²) >= 11 is 0. The number of unbranched alkanes of at least 4 members (excludes halogenated alkanes) is 34. The van der Waals surface area contributed by atoms with E-state index in [1.54, 1.807) is 6.08 Å². The Bertz CT molecular complexity index is 1010. The molecule has 0 aromatic rings. The highest BCUT2D eigenvalue weighted by Gasteiger charge is 2.17. The van der Waals surface area contributed by atoms with Crippen LogP contribution in [0.1, 0.15) is 277 Å². The van der Waals surface area contributed by atoms with Crippen molar-refractivity contribution in [2.75, 3.05) is 6.61 Å². The molecule has 4 nitrogen and oxygen atoms in total. The van der Waals surface area contributed by atoms with Gasteiger partial charge in [0.15, 0.2) is 0 Å². The summed E-state index contributed by atoms with van der Waals surface area (Å²) in [6, 6.07) is -0.646. The number of rotatable bonds is 49. The predicted molar refractivity (Wildman–Crippen MR) is 271 cm³/mol. The van der Waals surface area contributed by atoms with Gasteiger partial charge in [0.1, 0.15) is 0 Å². The minimum absolute atomic E-state index is 0.0757. The first-order valence-electron chi connectivity index (χ1n) is 27.0. The van der Waals surface area contributed by atoms with E-state index in [2.05, 4.69) is 67.8 Å². The van der Waals surface area contributed by atoms with Crippen LogP contribution in [-0.4, -0.2) is 34.9 Å². The summed E-state index contributed by atoms with van der Waals surface area (Å²) in [7, 11) is 0. The molecule has 0 saturated heterocycles. The summed E-state index contributed by atoms with van der Waals surface area (Å²) in [4.78, 5) is 12.4. The lowest BCUT2D eigenvalue weighted by molar-refractivity contribution is -0.123. The molecule has 2 unspecified atom stereocenters. The zero-order valence-corrected chi connectivity index (χ0v) is 40.9. The van der Waals surface area contributed by atoms with Gasteiger partial charge in [0.05, 0.1) is 18.8 Å². The number of carbonyl (C=O) groups is 1. The highest BCUT2D eigenvalue weighted by atomic mass is 16.3. The number of allylic oxidation sites excluding steroid dienone is 9. The molecule has 0 aromatic carbocycles. The molecule has 1 amide bonds. The number of aliphatic hydroxyl groups excluding tert-OH is 2. The van der Waals surface area contributed by atoms with E-state index < -0.39 is 12.1 Å². The van der Waals surface area contributed by atoms with E-state index in [4.69, 9.17) is 0 Å². The molecule has 4 heteroatoms. The van der Waals surface area contributed by atoms with E-state index in [1.807, 2.05) is 6.08 Å². The van der Waals surface area contributed by atoms with Crippen LogP contribution in [0, 0.1) is 0 Å². The molecule has 61 heavy (non-hydrogen) atoms. The van der Waals surface area contributed by atoms with E-state index in [0.29, 0.717) is 6.42 Å². The van der Waals surface area contributed by atoms with Gasteiger partial charge in [-0.1, -0.05) is 254 Å². The Kier molecular flexibility index (Phi) is 50.8. The molecule has 0 spiro atoms. The summed E-state index contributed by atoms with van der Waals surface area (Å²) < 4.78 is 0. The van der Waals surface area contributed by atoms with Gasteiger partial charge in [-0.15, -0.1) is 0 Å². The fraction of sp³-hybridized carbons (Fsp3) is 0.807. The Labute approximate surface area is 381 Å². The topological polar surface area (TPSA) is 69.6 Å². The number of carbonyl (C=O) groups excluding carboxylic acids is 1. The minimum atomic E-state index is -0.871. The van der Waals surface area contributed by atoms with E-state index in [9.17, 15) is 15.0 Å². The lowest BCUT2D eigenvalue weighted by Gasteiger charge is -2.19. The van der Waals surface area contributed by atoms with Gasteiger partial charge in [0, 0.05) is 6.42 Å². The predicted octanol–water partition coefficient (Wildman–Crippen LogP) is 17.6. The second-order valence-corrected chi connectivity index (χ2v) is 18.3. The van der Waals surface area contributed by atoms with Crippen LogP contribution in [0.2, 0.25) is 0 Å². The van der Waals surface area contributed by atoms with Gasteiger partial charge in [-0.05, 0) is 77.0 Å². The Morgan fingerprint density at radius 2 is 0.689 bits per heavy atom. The highest BCUT2D eigenvalue weighted by Crippen LogP contribution is 2.16. The number of nitrogens with one attached hydrogen (secondary N) is 1. The van der Waals surface area contributed by atoms with Crippen molar-refractivity contribution >= 4 is 5.91 Å². The second-order valence-electron chi connectivity index (χ2n) is 18.3. The van der Waals surface area contributed by atoms with Crippen LogP contribution in [0.3, 0.4) is 0 Å². The van der Waals surface area contributed by atoms with Gasteiger partial charge in [-0.2, -0.15) is 0 Å². The van der Waals surface area contributed by atoms with Gasteiger partial charge in [0.2, 0.25) is 5.91 Å². The summed E-state index contributed by atoms with van der Waals surface area (Å²) in [6.45, 7) is 4.29. The lowest BCUT2D eigenvalue weighted by atomic mass is 10.0. The third kappa shape index (κ3) is 49.0. The highest BCUT2D eigenvalue weighted by molar-refractivity contribution is 5.76. The van der Waals surface area contributed by atoms with Crippen molar-refractivity contribution < 1.29 is 15.0 Å². The van der Waals surface area contributed by atoms with Crippen molar-refractivity contribution in [2.24, 2.45) is 0 Å². The van der Waals surface area contributed by atoms with Gasteiger partial charge in [-0.3, -0.25) is 4.79 Å². The molecular formula is C57H105NO3. The van der Waals surface area contributed by atoms with E-state index in [-0.39, 0.29) is 12.5 Å². The van der Waals surface area contributed by atoms with Crippen LogP contribution < -0.4 is 5.32 Å². The fourth-order valence-electron chi connectivity index (χ4n) is 8.07. The van der Waals surface area contributed by atoms with Crippen LogP contribution in [0.4, 0.5) is 0 Å². The number of hydrogen-bond acceptors (Lipinski definition) is 3. The monoisotopic (exact) mass is 852 g/mol. The molecule has 3 N–H and O–H groups in total. The maximum atomic E-state index is 12.4. The molecular weight excluding hydrogens is 747 g/mol. The quantitative estimate of drug-likeness (QED) is 0.0422. The first-order chi connectivity index (χ1) is 30.2. The molecule has 0 heterocycles. The molecule has 0 rings (SSSR count). The average Bonchev–Trinajstić information content (AvgIpc) is 3.26. The van der Waals surface area contributed by atoms with Gasteiger partial charge in [-0.25, -0.2) is 0 Å². The number of hydrogen-bond donors (Lipinski definition) is 3. The molecule has 2 atom stereocenters. The van der Waals surface area contributed by atoms with Crippen LogP contribution in [0.25, 0.3) is 0 Å². The molecule has 0 saturated carbocycles. The van der Waals surface area contributed by atoms with Crippen molar-refractivity contribution in [3.8, 4) is 0 Å². The second kappa shape index (κ2) is 52.4.